The number of benzene rings is 2. The van der Waals surface area contributed by atoms with Gasteiger partial charge in [-0.25, -0.2) is 18.0 Å². The van der Waals surface area contributed by atoms with Gasteiger partial charge in [0.25, 0.3) is 0 Å². The number of amides is 2. The number of rotatable bonds is 4. The van der Waals surface area contributed by atoms with Crippen molar-refractivity contribution < 1.29 is 18.0 Å². The number of carbonyl (C=O) groups is 1. The van der Waals surface area contributed by atoms with Crippen molar-refractivity contribution in [2.24, 2.45) is 5.92 Å². The van der Waals surface area contributed by atoms with Crippen molar-refractivity contribution in [2.45, 2.75) is 57.5 Å². The highest BCUT2D eigenvalue weighted by atomic mass is 19.1. The second-order valence-corrected chi connectivity index (χ2v) is 8.79. The molecule has 0 aromatic heterocycles. The highest BCUT2D eigenvalue weighted by Crippen LogP contribution is 2.44. The van der Waals surface area contributed by atoms with Crippen LogP contribution >= 0.6 is 0 Å². The number of carbonyl (C=O) groups excluding carboxylic acids is 1. The molecule has 6 heteroatoms. The summed E-state index contributed by atoms with van der Waals surface area (Å²) >= 11 is 0. The Labute approximate surface area is 175 Å². The summed E-state index contributed by atoms with van der Waals surface area (Å²) in [5.74, 6) is -1.53. The first kappa shape index (κ1) is 20.8. The zero-order chi connectivity index (χ0) is 21.4. The molecule has 1 heterocycles. The van der Waals surface area contributed by atoms with Crippen LogP contribution < -0.4 is 4.90 Å². The van der Waals surface area contributed by atoms with E-state index < -0.39 is 11.6 Å². The number of urea groups is 1. The van der Waals surface area contributed by atoms with Crippen LogP contribution in [-0.4, -0.2) is 29.6 Å². The van der Waals surface area contributed by atoms with E-state index in [1.165, 1.54) is 24.3 Å². The lowest BCUT2D eigenvalue weighted by Gasteiger charge is -2.33. The van der Waals surface area contributed by atoms with Crippen LogP contribution in [0.4, 0.5) is 23.7 Å². The summed E-state index contributed by atoms with van der Waals surface area (Å²) in [6, 6.07) is 9.11. The summed E-state index contributed by atoms with van der Waals surface area (Å²) in [7, 11) is 0. The minimum Gasteiger partial charge on any atom is -0.319 e. The van der Waals surface area contributed by atoms with Crippen LogP contribution in [0.15, 0.2) is 42.5 Å². The van der Waals surface area contributed by atoms with Gasteiger partial charge in [-0.2, -0.15) is 0 Å². The SMILES string of the molecule is CC(C)CN1C(=O)N(c2ccc(F)cc2)[C@@H]2[C@H](c3ccc(F)cc3F)CCCC[C@@H]21. The lowest BCUT2D eigenvalue weighted by atomic mass is 9.84. The summed E-state index contributed by atoms with van der Waals surface area (Å²) in [4.78, 5) is 17.1. The van der Waals surface area contributed by atoms with Gasteiger partial charge >= 0.3 is 6.03 Å². The molecule has 0 N–H and O–H groups in total. The fourth-order valence-electron chi connectivity index (χ4n) is 5.06. The second kappa shape index (κ2) is 8.32. The number of anilines is 1. The van der Waals surface area contributed by atoms with E-state index in [1.54, 1.807) is 17.0 Å². The Morgan fingerprint density at radius 1 is 0.967 bits per heavy atom. The predicted molar refractivity (Wildman–Crippen MR) is 111 cm³/mol. The van der Waals surface area contributed by atoms with E-state index in [0.29, 0.717) is 24.2 Å². The Bertz CT molecular complexity index is 915. The van der Waals surface area contributed by atoms with Crippen molar-refractivity contribution in [3.63, 3.8) is 0 Å². The summed E-state index contributed by atoms with van der Waals surface area (Å²) in [5.41, 5.74) is 1.05. The van der Waals surface area contributed by atoms with Gasteiger partial charge in [-0.05, 0) is 54.7 Å². The zero-order valence-electron chi connectivity index (χ0n) is 17.3. The fraction of sp³-hybridized carbons (Fsp3) is 0.458. The van der Waals surface area contributed by atoms with Crippen LogP contribution in [0.5, 0.6) is 0 Å². The van der Waals surface area contributed by atoms with Crippen LogP contribution in [0.1, 0.15) is 51.0 Å². The van der Waals surface area contributed by atoms with Crippen molar-refractivity contribution in [3.05, 3.63) is 65.5 Å². The molecule has 0 bridgehead atoms. The normalized spacial score (nSPS) is 24.3. The third kappa shape index (κ3) is 3.80. The Morgan fingerprint density at radius 3 is 2.30 bits per heavy atom. The third-order valence-electron chi connectivity index (χ3n) is 6.25. The number of nitrogens with zero attached hydrogens (tertiary/aromatic N) is 2. The molecule has 2 amide bonds. The molecule has 0 unspecified atom stereocenters. The van der Waals surface area contributed by atoms with Crippen LogP contribution in [0.25, 0.3) is 0 Å². The number of fused-ring (bicyclic) bond motifs is 1. The first-order valence-electron chi connectivity index (χ1n) is 10.7. The first-order chi connectivity index (χ1) is 14.4. The summed E-state index contributed by atoms with van der Waals surface area (Å²) < 4.78 is 41.9. The molecule has 2 aromatic rings. The van der Waals surface area contributed by atoms with E-state index in [1.807, 2.05) is 4.90 Å². The maximum absolute atomic E-state index is 14.8. The molecule has 1 saturated heterocycles. The van der Waals surface area contributed by atoms with E-state index in [4.69, 9.17) is 0 Å². The van der Waals surface area contributed by atoms with Gasteiger partial charge in [-0.1, -0.05) is 32.8 Å². The van der Waals surface area contributed by atoms with Gasteiger partial charge in [0.1, 0.15) is 17.5 Å². The standard InChI is InChI=1S/C24H27F3N2O/c1-15(2)14-28-22-6-4-3-5-20(19-12-9-17(26)13-21(19)27)23(22)29(24(28)30)18-10-7-16(25)8-11-18/h7-13,15,20,22-23H,3-6,14H2,1-2H3/t20-,22-,23+/m0/s1. The fourth-order valence-corrected chi connectivity index (χ4v) is 5.06. The molecule has 2 fully saturated rings. The van der Waals surface area contributed by atoms with Crippen molar-refractivity contribution in [1.29, 1.82) is 0 Å². The molecule has 1 aliphatic heterocycles. The van der Waals surface area contributed by atoms with Gasteiger partial charge in [-0.15, -0.1) is 0 Å². The first-order valence-corrected chi connectivity index (χ1v) is 10.7. The molecular formula is C24H27F3N2O. The quantitative estimate of drug-likeness (QED) is 0.591. The maximum atomic E-state index is 14.8. The minimum absolute atomic E-state index is 0.0677. The number of hydrogen-bond acceptors (Lipinski definition) is 1. The maximum Gasteiger partial charge on any atom is 0.325 e. The van der Waals surface area contributed by atoms with E-state index >= 15 is 0 Å². The molecule has 1 saturated carbocycles. The summed E-state index contributed by atoms with van der Waals surface area (Å²) in [6.45, 7) is 4.74. The van der Waals surface area contributed by atoms with Crippen molar-refractivity contribution in [1.82, 2.24) is 4.90 Å². The molecule has 160 valence electrons. The zero-order valence-corrected chi connectivity index (χ0v) is 17.3. The molecule has 4 rings (SSSR count). The predicted octanol–water partition coefficient (Wildman–Crippen LogP) is 6.10. The molecule has 2 aromatic carbocycles. The molecule has 2 aliphatic rings. The van der Waals surface area contributed by atoms with E-state index in [0.717, 1.165) is 25.3 Å². The topological polar surface area (TPSA) is 23.6 Å². The lowest BCUT2D eigenvalue weighted by Crippen LogP contribution is -2.42. The highest BCUT2D eigenvalue weighted by Gasteiger charge is 2.50. The van der Waals surface area contributed by atoms with Crippen LogP contribution in [0.3, 0.4) is 0 Å². The molecule has 30 heavy (non-hydrogen) atoms. The molecular weight excluding hydrogens is 389 g/mol. The average Bonchev–Trinajstić information content (AvgIpc) is 2.83. The molecule has 3 atom stereocenters. The molecule has 0 radical (unpaired) electrons. The Kier molecular flexibility index (Phi) is 5.76. The van der Waals surface area contributed by atoms with Gasteiger partial charge in [0, 0.05) is 24.2 Å². The molecule has 3 nitrogen and oxygen atoms in total. The van der Waals surface area contributed by atoms with Gasteiger partial charge in [-0.3, -0.25) is 4.90 Å². The smallest absolute Gasteiger partial charge is 0.319 e. The minimum atomic E-state index is -0.610. The Balaban J connectivity index is 1.82. The summed E-state index contributed by atoms with van der Waals surface area (Å²) in [6.07, 6.45) is 3.40. The van der Waals surface area contributed by atoms with Gasteiger partial charge < -0.3 is 4.90 Å². The molecule has 1 aliphatic carbocycles. The number of hydrogen-bond donors (Lipinski definition) is 0. The van der Waals surface area contributed by atoms with Gasteiger partial charge in [0.2, 0.25) is 0 Å². The van der Waals surface area contributed by atoms with Gasteiger partial charge in [0.05, 0.1) is 12.1 Å². The monoisotopic (exact) mass is 416 g/mol. The second-order valence-electron chi connectivity index (χ2n) is 8.79. The van der Waals surface area contributed by atoms with Crippen molar-refractivity contribution in [3.8, 4) is 0 Å². The lowest BCUT2D eigenvalue weighted by molar-refractivity contribution is 0.189. The van der Waals surface area contributed by atoms with Crippen molar-refractivity contribution >= 4 is 11.7 Å². The summed E-state index contributed by atoms with van der Waals surface area (Å²) in [5, 5.41) is 0. The van der Waals surface area contributed by atoms with E-state index in [9.17, 15) is 18.0 Å². The Morgan fingerprint density at radius 2 is 1.63 bits per heavy atom. The largest absolute Gasteiger partial charge is 0.325 e. The van der Waals surface area contributed by atoms with E-state index in [-0.39, 0.29) is 35.8 Å². The number of halogens is 3. The highest BCUT2D eigenvalue weighted by molar-refractivity contribution is 5.96. The van der Waals surface area contributed by atoms with Crippen LogP contribution in [0, 0.1) is 23.4 Å². The Hall–Kier alpha value is -2.50. The molecule has 0 spiro atoms. The average molecular weight is 416 g/mol. The van der Waals surface area contributed by atoms with Crippen LogP contribution in [-0.2, 0) is 0 Å². The van der Waals surface area contributed by atoms with E-state index in [2.05, 4.69) is 13.8 Å². The third-order valence-corrected chi connectivity index (χ3v) is 6.25. The van der Waals surface area contributed by atoms with Crippen LogP contribution in [0.2, 0.25) is 0 Å². The van der Waals surface area contributed by atoms with Gasteiger partial charge in [0.15, 0.2) is 0 Å². The van der Waals surface area contributed by atoms with Crippen molar-refractivity contribution in [2.75, 3.05) is 11.4 Å².